The van der Waals surface area contributed by atoms with Crippen LogP contribution >= 0.6 is 35.7 Å². The maximum atomic E-state index is 5.39. The molecule has 1 N–H and O–H groups in total. The lowest BCUT2D eigenvalue weighted by molar-refractivity contribution is 0.146. The van der Waals surface area contributed by atoms with Gasteiger partial charge in [-0.2, -0.15) is 0 Å². The van der Waals surface area contributed by atoms with Gasteiger partial charge in [-0.15, -0.1) is 35.7 Å². The molecular formula is C19H32IN3OS. The quantitative estimate of drug-likeness (QED) is 0.191. The van der Waals surface area contributed by atoms with E-state index < -0.39 is 0 Å². The van der Waals surface area contributed by atoms with Crippen molar-refractivity contribution in [2.75, 3.05) is 45.1 Å². The molecule has 1 atom stereocenters. The van der Waals surface area contributed by atoms with E-state index in [0.29, 0.717) is 0 Å². The third-order valence-electron chi connectivity index (χ3n) is 4.06. The van der Waals surface area contributed by atoms with E-state index in [9.17, 15) is 0 Å². The van der Waals surface area contributed by atoms with E-state index in [2.05, 4.69) is 47.5 Å². The highest BCUT2D eigenvalue weighted by molar-refractivity contribution is 14.0. The van der Waals surface area contributed by atoms with Gasteiger partial charge in [0.15, 0.2) is 5.96 Å². The molecule has 25 heavy (non-hydrogen) atoms. The topological polar surface area (TPSA) is 36.9 Å². The Morgan fingerprint density at radius 3 is 2.84 bits per heavy atom. The van der Waals surface area contributed by atoms with Crippen LogP contribution in [0, 0.1) is 5.92 Å². The minimum absolute atomic E-state index is 0. The van der Waals surface area contributed by atoms with Gasteiger partial charge >= 0.3 is 0 Å². The molecule has 1 aliphatic heterocycles. The number of ether oxygens (including phenoxy) is 1. The van der Waals surface area contributed by atoms with E-state index in [1.54, 1.807) is 0 Å². The van der Waals surface area contributed by atoms with E-state index in [-0.39, 0.29) is 24.0 Å². The Balaban J connectivity index is 0.00000312. The fraction of sp³-hybridized carbons (Fsp3) is 0.632. The van der Waals surface area contributed by atoms with Gasteiger partial charge in [0.25, 0.3) is 0 Å². The molecule has 0 aromatic heterocycles. The van der Waals surface area contributed by atoms with Crippen LogP contribution < -0.4 is 5.32 Å². The predicted octanol–water partition coefficient (Wildman–Crippen LogP) is 4.11. The summed E-state index contributed by atoms with van der Waals surface area (Å²) in [5, 5.41) is 3.44. The molecule has 0 spiro atoms. The zero-order chi connectivity index (χ0) is 17.0. The van der Waals surface area contributed by atoms with Crippen molar-refractivity contribution in [2.24, 2.45) is 10.9 Å². The lowest BCUT2D eigenvalue weighted by Gasteiger charge is -2.21. The fourth-order valence-corrected chi connectivity index (χ4v) is 3.86. The second kappa shape index (κ2) is 13.7. The first-order chi connectivity index (χ1) is 11.8. The summed E-state index contributed by atoms with van der Waals surface area (Å²) in [7, 11) is 0. The van der Waals surface area contributed by atoms with Crippen molar-refractivity contribution in [3.63, 3.8) is 0 Å². The lowest BCUT2D eigenvalue weighted by Crippen LogP contribution is -2.40. The molecule has 0 amide bonds. The van der Waals surface area contributed by atoms with Crippen molar-refractivity contribution in [2.45, 2.75) is 31.6 Å². The van der Waals surface area contributed by atoms with E-state index in [1.807, 2.05) is 18.7 Å². The monoisotopic (exact) mass is 477 g/mol. The second-order valence-corrected chi connectivity index (χ2v) is 7.10. The molecule has 142 valence electrons. The molecule has 6 heteroatoms. The van der Waals surface area contributed by atoms with E-state index >= 15 is 0 Å². The normalized spacial score (nSPS) is 17.4. The highest BCUT2D eigenvalue weighted by Gasteiger charge is 2.24. The van der Waals surface area contributed by atoms with Gasteiger partial charge in [-0.1, -0.05) is 18.2 Å². The van der Waals surface area contributed by atoms with Crippen molar-refractivity contribution in [1.29, 1.82) is 0 Å². The smallest absolute Gasteiger partial charge is 0.193 e. The number of hydrogen-bond acceptors (Lipinski definition) is 3. The number of aliphatic imine (C=N–C) groups is 1. The zero-order valence-corrected chi connectivity index (χ0v) is 18.6. The molecule has 1 fully saturated rings. The van der Waals surface area contributed by atoms with Gasteiger partial charge in [0, 0.05) is 50.0 Å². The Bertz CT molecular complexity index is 487. The van der Waals surface area contributed by atoms with Gasteiger partial charge < -0.3 is 15.0 Å². The van der Waals surface area contributed by atoms with Gasteiger partial charge in [0.2, 0.25) is 0 Å². The summed E-state index contributed by atoms with van der Waals surface area (Å²) < 4.78 is 5.39. The molecular weight excluding hydrogens is 445 g/mol. The van der Waals surface area contributed by atoms with Crippen molar-refractivity contribution >= 4 is 41.7 Å². The van der Waals surface area contributed by atoms with Gasteiger partial charge in [0.1, 0.15) is 0 Å². The van der Waals surface area contributed by atoms with Crippen LogP contribution in [0.5, 0.6) is 0 Å². The third kappa shape index (κ3) is 8.64. The SMILES string of the molecule is CCNC(=NCCCOCC)N1CCC(CSc2ccccc2)C1.I. The maximum Gasteiger partial charge on any atom is 0.193 e. The van der Waals surface area contributed by atoms with E-state index in [4.69, 9.17) is 9.73 Å². The molecule has 1 unspecified atom stereocenters. The molecule has 4 nitrogen and oxygen atoms in total. The Morgan fingerprint density at radius 2 is 2.12 bits per heavy atom. The van der Waals surface area contributed by atoms with Crippen LogP contribution in [0.15, 0.2) is 40.2 Å². The molecule has 0 saturated carbocycles. The maximum absolute atomic E-state index is 5.39. The Morgan fingerprint density at radius 1 is 1.32 bits per heavy atom. The molecule has 0 aliphatic carbocycles. The Labute approximate surface area is 174 Å². The standard InChI is InChI=1S/C19H31N3OS.HI/c1-3-20-19(21-12-8-14-23-4-2)22-13-11-17(15-22)16-24-18-9-6-5-7-10-18;/h5-7,9-10,17H,3-4,8,11-16H2,1-2H3,(H,20,21);1H. The molecule has 2 rings (SSSR count). The first kappa shape index (κ1) is 22.6. The Hall–Kier alpha value is -0.470. The average Bonchev–Trinajstić information content (AvgIpc) is 3.09. The predicted molar refractivity (Wildman–Crippen MR) is 119 cm³/mol. The van der Waals surface area contributed by atoms with Crippen LogP contribution in [0.1, 0.15) is 26.7 Å². The van der Waals surface area contributed by atoms with Crippen molar-refractivity contribution in [3.05, 3.63) is 30.3 Å². The summed E-state index contributed by atoms with van der Waals surface area (Å²) in [6.45, 7) is 9.73. The number of hydrogen-bond donors (Lipinski definition) is 1. The van der Waals surface area contributed by atoms with Gasteiger partial charge in [-0.25, -0.2) is 0 Å². The summed E-state index contributed by atoms with van der Waals surface area (Å²) in [5.41, 5.74) is 0. The summed E-state index contributed by atoms with van der Waals surface area (Å²) in [5.74, 6) is 2.99. The van der Waals surface area contributed by atoms with Crippen LogP contribution in [-0.4, -0.2) is 56.0 Å². The fourth-order valence-electron chi connectivity index (χ4n) is 2.81. The van der Waals surface area contributed by atoms with Crippen molar-refractivity contribution in [1.82, 2.24) is 10.2 Å². The molecule has 1 heterocycles. The van der Waals surface area contributed by atoms with Crippen molar-refractivity contribution in [3.8, 4) is 0 Å². The number of halogens is 1. The highest BCUT2D eigenvalue weighted by atomic mass is 127. The summed E-state index contributed by atoms with van der Waals surface area (Å²) in [6, 6.07) is 10.7. The average molecular weight is 477 g/mol. The number of likely N-dealkylation sites (tertiary alicyclic amines) is 1. The van der Waals surface area contributed by atoms with Gasteiger partial charge in [-0.3, -0.25) is 4.99 Å². The number of rotatable bonds is 9. The first-order valence-electron chi connectivity index (χ1n) is 9.12. The largest absolute Gasteiger partial charge is 0.382 e. The highest BCUT2D eigenvalue weighted by Crippen LogP contribution is 2.25. The van der Waals surface area contributed by atoms with Gasteiger partial charge in [0.05, 0.1) is 0 Å². The van der Waals surface area contributed by atoms with Gasteiger partial charge in [-0.05, 0) is 44.7 Å². The minimum Gasteiger partial charge on any atom is -0.382 e. The second-order valence-electron chi connectivity index (χ2n) is 6.01. The first-order valence-corrected chi connectivity index (χ1v) is 10.1. The van der Waals surface area contributed by atoms with Crippen LogP contribution in [0.2, 0.25) is 0 Å². The van der Waals surface area contributed by atoms with E-state index in [1.165, 1.54) is 17.1 Å². The molecule has 0 radical (unpaired) electrons. The molecule has 1 aromatic rings. The molecule has 1 aromatic carbocycles. The van der Waals surface area contributed by atoms with Crippen LogP contribution in [0.4, 0.5) is 0 Å². The Kier molecular flexibility index (Phi) is 12.4. The molecule has 1 aliphatic rings. The number of nitrogens with zero attached hydrogens (tertiary/aromatic N) is 2. The summed E-state index contributed by atoms with van der Waals surface area (Å²) in [4.78, 5) is 8.55. The van der Waals surface area contributed by atoms with Crippen LogP contribution in [0.3, 0.4) is 0 Å². The number of guanidine groups is 1. The minimum atomic E-state index is 0. The third-order valence-corrected chi connectivity index (χ3v) is 5.31. The molecule has 0 bridgehead atoms. The zero-order valence-electron chi connectivity index (χ0n) is 15.4. The van der Waals surface area contributed by atoms with Crippen LogP contribution in [-0.2, 0) is 4.74 Å². The summed E-state index contributed by atoms with van der Waals surface area (Å²) >= 11 is 1.97. The van der Waals surface area contributed by atoms with E-state index in [0.717, 1.165) is 57.7 Å². The summed E-state index contributed by atoms with van der Waals surface area (Å²) in [6.07, 6.45) is 2.24. The van der Waals surface area contributed by atoms with Crippen molar-refractivity contribution < 1.29 is 4.74 Å². The number of thioether (sulfide) groups is 1. The number of benzene rings is 1. The lowest BCUT2D eigenvalue weighted by atomic mass is 10.2. The number of nitrogens with one attached hydrogen (secondary N) is 1. The van der Waals surface area contributed by atoms with Crippen LogP contribution in [0.25, 0.3) is 0 Å². The molecule has 1 saturated heterocycles.